The lowest BCUT2D eigenvalue weighted by molar-refractivity contribution is -0.139. The summed E-state index contributed by atoms with van der Waals surface area (Å²) in [5.41, 5.74) is 7.92. The van der Waals surface area contributed by atoms with Crippen LogP contribution in [0.5, 0.6) is 5.75 Å². The number of carbonyl (C=O) groups is 1. The van der Waals surface area contributed by atoms with E-state index in [4.69, 9.17) is 27.2 Å². The Labute approximate surface area is 189 Å². The molecule has 0 aliphatic heterocycles. The van der Waals surface area contributed by atoms with Gasteiger partial charge in [-0.2, -0.15) is 4.31 Å². The minimum atomic E-state index is -3.99. The van der Waals surface area contributed by atoms with Crippen molar-refractivity contribution in [3.63, 3.8) is 0 Å². The fourth-order valence-electron chi connectivity index (χ4n) is 3.04. The van der Waals surface area contributed by atoms with Crippen LogP contribution in [0, 0.1) is 5.82 Å². The number of carboxylic acids is 1. The number of hydrogen-bond acceptors (Lipinski definition) is 5. The van der Waals surface area contributed by atoms with Crippen molar-refractivity contribution in [2.75, 3.05) is 19.4 Å². The number of benzene rings is 3. The molecule has 0 radical (unpaired) electrons. The number of nitrogen functional groups attached to an aromatic ring is 1. The molecule has 0 amide bonds. The van der Waals surface area contributed by atoms with Crippen LogP contribution in [0.4, 0.5) is 10.1 Å². The van der Waals surface area contributed by atoms with Gasteiger partial charge in [-0.1, -0.05) is 29.8 Å². The molecule has 0 aromatic heterocycles. The van der Waals surface area contributed by atoms with Gasteiger partial charge >= 0.3 is 5.97 Å². The summed E-state index contributed by atoms with van der Waals surface area (Å²) in [5, 5.41) is 9.14. The number of ether oxygens (including phenoxy) is 1. The highest BCUT2D eigenvalue weighted by molar-refractivity contribution is 7.89. The summed E-state index contributed by atoms with van der Waals surface area (Å²) in [5.74, 6) is -1.62. The summed E-state index contributed by atoms with van der Waals surface area (Å²) in [4.78, 5) is 10.8. The summed E-state index contributed by atoms with van der Waals surface area (Å²) >= 11 is 6.37. The molecular weight excluding hydrogens is 459 g/mol. The Balaban J connectivity index is 2.01. The zero-order valence-electron chi connectivity index (χ0n) is 17.0. The van der Waals surface area contributed by atoms with Crippen molar-refractivity contribution in [3.05, 3.63) is 77.1 Å². The Kier molecular flexibility index (Phi) is 7.02. The maximum absolute atomic E-state index is 13.5. The van der Waals surface area contributed by atoms with Gasteiger partial charge in [-0.25, -0.2) is 17.6 Å². The second-order valence-electron chi connectivity index (χ2n) is 6.97. The number of sulfonamides is 1. The maximum atomic E-state index is 13.5. The molecule has 168 valence electrons. The van der Waals surface area contributed by atoms with Gasteiger partial charge in [0.1, 0.15) is 11.6 Å². The van der Waals surface area contributed by atoms with Gasteiger partial charge in [0.15, 0.2) is 6.61 Å². The molecule has 0 spiro atoms. The molecule has 0 saturated carbocycles. The highest BCUT2D eigenvalue weighted by Gasteiger charge is 2.23. The third-order valence-corrected chi connectivity index (χ3v) is 6.75. The lowest BCUT2D eigenvalue weighted by atomic mass is 10.0. The van der Waals surface area contributed by atoms with E-state index in [-0.39, 0.29) is 22.2 Å². The third-order valence-electron chi connectivity index (χ3n) is 4.59. The average Bonchev–Trinajstić information content (AvgIpc) is 2.73. The number of hydrogen-bond donors (Lipinski definition) is 2. The summed E-state index contributed by atoms with van der Waals surface area (Å²) < 4.78 is 45.7. The first-order valence-corrected chi connectivity index (χ1v) is 11.1. The van der Waals surface area contributed by atoms with Crippen molar-refractivity contribution >= 4 is 33.3 Å². The zero-order chi connectivity index (χ0) is 23.5. The van der Waals surface area contributed by atoms with Crippen molar-refractivity contribution in [1.82, 2.24) is 4.31 Å². The molecule has 3 N–H and O–H groups in total. The molecule has 0 heterocycles. The lowest BCUT2D eigenvalue weighted by Gasteiger charge is -2.20. The predicted molar refractivity (Wildman–Crippen MR) is 119 cm³/mol. The van der Waals surface area contributed by atoms with E-state index < -0.39 is 28.4 Å². The Morgan fingerprint density at radius 2 is 1.88 bits per heavy atom. The maximum Gasteiger partial charge on any atom is 0.341 e. The number of halogens is 2. The van der Waals surface area contributed by atoms with Crippen LogP contribution >= 0.6 is 11.6 Å². The van der Waals surface area contributed by atoms with Crippen LogP contribution in [0.15, 0.2) is 65.6 Å². The summed E-state index contributed by atoms with van der Waals surface area (Å²) in [6.07, 6.45) is 0. The predicted octanol–water partition coefficient (Wildman–Crippen LogP) is 4.01. The molecule has 0 aliphatic carbocycles. The molecule has 10 heteroatoms. The Morgan fingerprint density at radius 3 is 2.53 bits per heavy atom. The number of anilines is 1. The fraction of sp³-hybridized carbons (Fsp3) is 0.136. The van der Waals surface area contributed by atoms with E-state index in [1.165, 1.54) is 25.2 Å². The normalized spacial score (nSPS) is 11.5. The van der Waals surface area contributed by atoms with Crippen molar-refractivity contribution in [2.45, 2.75) is 11.4 Å². The van der Waals surface area contributed by atoms with Gasteiger partial charge in [0, 0.05) is 29.9 Å². The van der Waals surface area contributed by atoms with Gasteiger partial charge in [0.2, 0.25) is 10.0 Å². The molecule has 7 nitrogen and oxygen atoms in total. The number of aliphatic carboxylic acids is 1. The molecule has 3 rings (SSSR count). The average molecular weight is 479 g/mol. The number of carboxylic acid groups (broad SMARTS) is 1. The van der Waals surface area contributed by atoms with E-state index in [2.05, 4.69) is 0 Å². The van der Waals surface area contributed by atoms with Crippen LogP contribution in [0.1, 0.15) is 5.56 Å². The molecule has 0 aliphatic rings. The minimum Gasteiger partial charge on any atom is -0.481 e. The van der Waals surface area contributed by atoms with Crippen LogP contribution in [0.3, 0.4) is 0 Å². The molecule has 0 atom stereocenters. The highest BCUT2D eigenvalue weighted by atomic mass is 35.5. The largest absolute Gasteiger partial charge is 0.481 e. The minimum absolute atomic E-state index is 0.119. The topological polar surface area (TPSA) is 110 Å². The number of nitrogens with two attached hydrogens (primary N) is 1. The van der Waals surface area contributed by atoms with Gasteiger partial charge in [0.05, 0.1) is 4.90 Å². The number of nitrogens with zero attached hydrogens (tertiary/aromatic N) is 1. The molecule has 0 unspecified atom stereocenters. The van der Waals surface area contributed by atoms with Crippen LogP contribution in [0.2, 0.25) is 5.02 Å². The first-order chi connectivity index (χ1) is 15.1. The molecular formula is C22H20ClFN2O5S. The van der Waals surface area contributed by atoms with E-state index in [1.54, 1.807) is 30.3 Å². The molecule has 32 heavy (non-hydrogen) atoms. The summed E-state index contributed by atoms with van der Waals surface area (Å²) in [6.45, 7) is -0.703. The van der Waals surface area contributed by atoms with Crippen LogP contribution in [-0.4, -0.2) is 37.5 Å². The summed E-state index contributed by atoms with van der Waals surface area (Å²) in [6, 6.07) is 14.6. The van der Waals surface area contributed by atoms with E-state index in [0.29, 0.717) is 22.4 Å². The van der Waals surface area contributed by atoms with Crippen LogP contribution < -0.4 is 10.5 Å². The molecule has 3 aromatic rings. The summed E-state index contributed by atoms with van der Waals surface area (Å²) in [7, 11) is -2.63. The van der Waals surface area contributed by atoms with Crippen molar-refractivity contribution in [2.24, 2.45) is 0 Å². The first kappa shape index (κ1) is 23.5. The van der Waals surface area contributed by atoms with Crippen LogP contribution in [-0.2, 0) is 21.4 Å². The van der Waals surface area contributed by atoms with Gasteiger partial charge < -0.3 is 15.6 Å². The second-order valence-corrected chi connectivity index (χ2v) is 9.42. The van der Waals surface area contributed by atoms with Gasteiger partial charge in [-0.05, 0) is 53.6 Å². The molecule has 0 bridgehead atoms. The number of rotatable bonds is 8. The Hall–Kier alpha value is -3.14. The van der Waals surface area contributed by atoms with E-state index in [0.717, 1.165) is 16.4 Å². The molecule has 0 fully saturated rings. The SMILES string of the molecule is CN(Cc1cc(-c2cccc(N)c2)c(OCC(=O)O)cc1Cl)S(=O)(=O)c1cccc(F)c1. The highest BCUT2D eigenvalue weighted by Crippen LogP contribution is 2.36. The van der Waals surface area contributed by atoms with Gasteiger partial charge in [-0.3, -0.25) is 0 Å². The van der Waals surface area contributed by atoms with Gasteiger partial charge in [0.25, 0.3) is 0 Å². The smallest absolute Gasteiger partial charge is 0.341 e. The molecule has 3 aromatic carbocycles. The van der Waals surface area contributed by atoms with Crippen molar-refractivity contribution < 1.29 is 27.4 Å². The molecule has 0 saturated heterocycles. The second kappa shape index (κ2) is 9.56. The van der Waals surface area contributed by atoms with Crippen molar-refractivity contribution in [1.29, 1.82) is 0 Å². The zero-order valence-corrected chi connectivity index (χ0v) is 18.5. The first-order valence-electron chi connectivity index (χ1n) is 9.33. The van der Waals surface area contributed by atoms with Crippen molar-refractivity contribution in [3.8, 4) is 16.9 Å². The van der Waals surface area contributed by atoms with E-state index in [1.807, 2.05) is 0 Å². The van der Waals surface area contributed by atoms with E-state index in [9.17, 15) is 17.6 Å². The quantitative estimate of drug-likeness (QED) is 0.473. The standard InChI is InChI=1S/C22H20ClFN2O5S/c1-26(32(29,30)18-7-3-5-16(24)10-18)12-15-9-19(14-4-2-6-17(25)8-14)21(11-20(15)23)31-13-22(27)28/h2-11H,12-13,25H2,1H3,(H,27,28). The fourth-order valence-corrected chi connectivity index (χ4v) is 4.44. The third kappa shape index (κ3) is 5.37. The van der Waals surface area contributed by atoms with E-state index >= 15 is 0 Å². The van der Waals surface area contributed by atoms with Gasteiger partial charge in [-0.15, -0.1) is 0 Å². The Morgan fingerprint density at radius 1 is 1.16 bits per heavy atom. The Bertz CT molecular complexity index is 1270. The van der Waals surface area contributed by atoms with Crippen LogP contribution in [0.25, 0.3) is 11.1 Å². The lowest BCUT2D eigenvalue weighted by Crippen LogP contribution is -2.26. The monoisotopic (exact) mass is 478 g/mol.